The maximum Gasteiger partial charge on any atom is 0.251 e. The van der Waals surface area contributed by atoms with Gasteiger partial charge in [0.05, 0.1) is 5.69 Å². The molecular weight excluding hydrogens is 202 g/mol. The molecule has 1 atom stereocenters. The molecule has 0 aliphatic heterocycles. The molecule has 2 rings (SSSR count). The van der Waals surface area contributed by atoms with Gasteiger partial charge in [-0.15, -0.1) is 0 Å². The second kappa shape index (κ2) is 4.78. The van der Waals surface area contributed by atoms with Gasteiger partial charge in [0, 0.05) is 24.4 Å². The summed E-state index contributed by atoms with van der Waals surface area (Å²) in [6.45, 7) is 2.49. The van der Waals surface area contributed by atoms with Crippen LogP contribution in [0.5, 0.6) is 0 Å². The summed E-state index contributed by atoms with van der Waals surface area (Å²) >= 11 is 0. The van der Waals surface area contributed by atoms with Gasteiger partial charge < -0.3 is 10.7 Å². The SMILES string of the molecule is CC(CN)c1nc(C2CCCC2)cc(=O)[nH]1. The van der Waals surface area contributed by atoms with Gasteiger partial charge in [-0.05, 0) is 12.8 Å². The average Bonchev–Trinajstić information content (AvgIpc) is 2.80. The van der Waals surface area contributed by atoms with E-state index in [-0.39, 0.29) is 11.5 Å². The number of hydrogen-bond donors (Lipinski definition) is 2. The predicted molar refractivity (Wildman–Crippen MR) is 63.5 cm³/mol. The van der Waals surface area contributed by atoms with Crippen molar-refractivity contribution in [1.29, 1.82) is 0 Å². The molecule has 0 bridgehead atoms. The summed E-state index contributed by atoms with van der Waals surface area (Å²) in [7, 11) is 0. The van der Waals surface area contributed by atoms with E-state index in [1.807, 2.05) is 6.92 Å². The molecule has 1 unspecified atom stereocenters. The minimum absolute atomic E-state index is 0.0489. The molecule has 4 heteroatoms. The van der Waals surface area contributed by atoms with E-state index in [0.717, 1.165) is 24.4 Å². The minimum atomic E-state index is -0.0489. The van der Waals surface area contributed by atoms with E-state index in [0.29, 0.717) is 12.5 Å². The van der Waals surface area contributed by atoms with Crippen molar-refractivity contribution in [2.45, 2.75) is 44.4 Å². The van der Waals surface area contributed by atoms with Gasteiger partial charge in [-0.1, -0.05) is 19.8 Å². The van der Waals surface area contributed by atoms with Crippen LogP contribution in [0.1, 0.15) is 56.0 Å². The van der Waals surface area contributed by atoms with Crippen LogP contribution in [0.25, 0.3) is 0 Å². The number of nitrogens with zero attached hydrogens (tertiary/aromatic N) is 1. The fourth-order valence-corrected chi connectivity index (χ4v) is 2.27. The van der Waals surface area contributed by atoms with E-state index in [2.05, 4.69) is 9.97 Å². The number of aromatic nitrogens is 2. The highest BCUT2D eigenvalue weighted by molar-refractivity contribution is 5.11. The molecule has 1 aromatic heterocycles. The monoisotopic (exact) mass is 221 g/mol. The molecule has 1 fully saturated rings. The quantitative estimate of drug-likeness (QED) is 0.812. The molecule has 0 spiro atoms. The number of nitrogens with one attached hydrogen (secondary N) is 1. The summed E-state index contributed by atoms with van der Waals surface area (Å²) < 4.78 is 0. The number of H-pyrrole nitrogens is 1. The van der Waals surface area contributed by atoms with Crippen molar-refractivity contribution >= 4 is 0 Å². The molecule has 1 aromatic rings. The van der Waals surface area contributed by atoms with Gasteiger partial charge in [0.25, 0.3) is 5.56 Å². The molecule has 0 aromatic carbocycles. The van der Waals surface area contributed by atoms with Crippen LogP contribution in [0.4, 0.5) is 0 Å². The Hall–Kier alpha value is -1.16. The third-order valence-electron chi connectivity index (χ3n) is 3.37. The molecule has 0 radical (unpaired) electrons. The maximum absolute atomic E-state index is 11.6. The van der Waals surface area contributed by atoms with Crippen molar-refractivity contribution in [3.63, 3.8) is 0 Å². The summed E-state index contributed by atoms with van der Waals surface area (Å²) in [6, 6.07) is 1.64. The van der Waals surface area contributed by atoms with E-state index >= 15 is 0 Å². The second-order valence-electron chi connectivity index (χ2n) is 4.67. The van der Waals surface area contributed by atoms with Crippen LogP contribution < -0.4 is 11.3 Å². The van der Waals surface area contributed by atoms with Crippen molar-refractivity contribution in [1.82, 2.24) is 9.97 Å². The lowest BCUT2D eigenvalue weighted by molar-refractivity contribution is 0.650. The molecule has 0 saturated heterocycles. The Kier molecular flexibility index (Phi) is 3.39. The third kappa shape index (κ3) is 2.32. The molecule has 0 amide bonds. The first-order valence-corrected chi connectivity index (χ1v) is 6.02. The van der Waals surface area contributed by atoms with Gasteiger partial charge in [0.15, 0.2) is 0 Å². The van der Waals surface area contributed by atoms with Crippen LogP contribution in [0.15, 0.2) is 10.9 Å². The van der Waals surface area contributed by atoms with Gasteiger partial charge in [-0.2, -0.15) is 0 Å². The van der Waals surface area contributed by atoms with Crippen molar-refractivity contribution in [3.05, 3.63) is 27.9 Å². The number of aromatic amines is 1. The molecule has 1 aliphatic rings. The van der Waals surface area contributed by atoms with Gasteiger partial charge in [0.2, 0.25) is 0 Å². The van der Waals surface area contributed by atoms with Crippen LogP contribution in [-0.4, -0.2) is 16.5 Å². The summed E-state index contributed by atoms with van der Waals surface area (Å²) in [4.78, 5) is 18.9. The van der Waals surface area contributed by atoms with E-state index < -0.39 is 0 Å². The highest BCUT2D eigenvalue weighted by atomic mass is 16.1. The van der Waals surface area contributed by atoms with Crippen LogP contribution in [0.2, 0.25) is 0 Å². The first-order valence-electron chi connectivity index (χ1n) is 6.02. The molecule has 88 valence electrons. The average molecular weight is 221 g/mol. The smallest absolute Gasteiger partial charge is 0.251 e. The van der Waals surface area contributed by atoms with Crippen LogP contribution in [0, 0.1) is 0 Å². The number of nitrogens with two attached hydrogens (primary N) is 1. The highest BCUT2D eigenvalue weighted by Crippen LogP contribution is 2.32. The lowest BCUT2D eigenvalue weighted by atomic mass is 10.0. The molecule has 4 nitrogen and oxygen atoms in total. The van der Waals surface area contributed by atoms with E-state index in [4.69, 9.17) is 5.73 Å². The minimum Gasteiger partial charge on any atom is -0.330 e. The van der Waals surface area contributed by atoms with Gasteiger partial charge >= 0.3 is 0 Å². The maximum atomic E-state index is 11.6. The van der Waals surface area contributed by atoms with Crippen molar-refractivity contribution in [3.8, 4) is 0 Å². The summed E-state index contributed by atoms with van der Waals surface area (Å²) in [5.41, 5.74) is 6.50. The lowest BCUT2D eigenvalue weighted by Gasteiger charge is -2.12. The normalized spacial score (nSPS) is 18.9. The second-order valence-corrected chi connectivity index (χ2v) is 4.67. The Morgan fingerprint density at radius 1 is 1.56 bits per heavy atom. The third-order valence-corrected chi connectivity index (χ3v) is 3.37. The molecule has 1 saturated carbocycles. The molecule has 1 aliphatic carbocycles. The fraction of sp³-hybridized carbons (Fsp3) is 0.667. The van der Waals surface area contributed by atoms with Crippen molar-refractivity contribution in [2.75, 3.05) is 6.54 Å². The molecule has 3 N–H and O–H groups in total. The predicted octanol–water partition coefficient (Wildman–Crippen LogP) is 1.49. The Bertz CT molecular complexity index is 407. The van der Waals surface area contributed by atoms with Gasteiger partial charge in [-0.3, -0.25) is 4.79 Å². The first-order chi connectivity index (χ1) is 7.70. The molecule has 16 heavy (non-hydrogen) atoms. The Morgan fingerprint density at radius 3 is 2.88 bits per heavy atom. The van der Waals surface area contributed by atoms with E-state index in [9.17, 15) is 4.79 Å². The van der Waals surface area contributed by atoms with E-state index in [1.54, 1.807) is 6.07 Å². The summed E-state index contributed by atoms with van der Waals surface area (Å²) in [6.07, 6.45) is 4.82. The zero-order chi connectivity index (χ0) is 11.5. The largest absolute Gasteiger partial charge is 0.330 e. The van der Waals surface area contributed by atoms with Crippen molar-refractivity contribution < 1.29 is 0 Å². The van der Waals surface area contributed by atoms with Crippen LogP contribution >= 0.6 is 0 Å². The zero-order valence-electron chi connectivity index (χ0n) is 9.70. The first kappa shape index (κ1) is 11.3. The Morgan fingerprint density at radius 2 is 2.25 bits per heavy atom. The van der Waals surface area contributed by atoms with Gasteiger partial charge in [0.1, 0.15) is 5.82 Å². The fourth-order valence-electron chi connectivity index (χ4n) is 2.27. The number of rotatable bonds is 3. The molecule has 1 heterocycles. The standard InChI is InChI=1S/C12H19N3O/c1-8(7-13)12-14-10(6-11(16)15-12)9-4-2-3-5-9/h6,8-9H,2-5,7,13H2,1H3,(H,14,15,16). The number of hydrogen-bond acceptors (Lipinski definition) is 3. The topological polar surface area (TPSA) is 71.8 Å². The van der Waals surface area contributed by atoms with Gasteiger partial charge in [-0.25, -0.2) is 4.98 Å². The summed E-state index contributed by atoms with van der Waals surface area (Å²) in [5, 5.41) is 0. The summed E-state index contributed by atoms with van der Waals surface area (Å²) in [5.74, 6) is 1.33. The van der Waals surface area contributed by atoms with Crippen LogP contribution in [0.3, 0.4) is 0 Å². The van der Waals surface area contributed by atoms with Crippen molar-refractivity contribution in [2.24, 2.45) is 5.73 Å². The zero-order valence-corrected chi connectivity index (χ0v) is 9.70. The van der Waals surface area contributed by atoms with E-state index in [1.165, 1.54) is 12.8 Å². The Labute approximate surface area is 95.3 Å². The lowest BCUT2D eigenvalue weighted by Crippen LogP contribution is -2.19. The van der Waals surface area contributed by atoms with Crippen LogP contribution in [-0.2, 0) is 0 Å². The molecular formula is C12H19N3O. The Balaban J connectivity index is 2.31. The highest BCUT2D eigenvalue weighted by Gasteiger charge is 2.20.